The second-order valence-corrected chi connectivity index (χ2v) is 4.64. The number of hydrogen-bond donors (Lipinski definition) is 2. The number of carboxylic acids is 1. The first-order chi connectivity index (χ1) is 9.59. The Morgan fingerprint density at radius 2 is 1.95 bits per heavy atom. The van der Waals surface area contributed by atoms with Crippen LogP contribution in [0.2, 0.25) is 5.02 Å². The lowest BCUT2D eigenvalue weighted by molar-refractivity contribution is -0.137. The van der Waals surface area contributed by atoms with Crippen LogP contribution in [-0.4, -0.2) is 30.1 Å². The Labute approximate surface area is 122 Å². The van der Waals surface area contributed by atoms with Crippen molar-refractivity contribution in [2.75, 3.05) is 13.2 Å². The molecule has 0 atom stereocenters. The molecule has 0 heterocycles. The highest BCUT2D eigenvalue weighted by Gasteiger charge is 2.04. The summed E-state index contributed by atoms with van der Waals surface area (Å²) in [5.74, 6) is -0.375. The van der Waals surface area contributed by atoms with Gasteiger partial charge in [0.1, 0.15) is 5.75 Å². The fourth-order valence-corrected chi connectivity index (χ4v) is 1.72. The van der Waals surface area contributed by atoms with Crippen LogP contribution < -0.4 is 10.1 Å². The Hall–Kier alpha value is -1.75. The van der Waals surface area contributed by atoms with E-state index < -0.39 is 5.97 Å². The summed E-state index contributed by atoms with van der Waals surface area (Å²) in [5, 5.41) is 11.7. The van der Waals surface area contributed by atoms with Crippen molar-refractivity contribution >= 4 is 23.5 Å². The van der Waals surface area contributed by atoms with Crippen LogP contribution in [0, 0.1) is 0 Å². The van der Waals surface area contributed by atoms with Crippen LogP contribution in [0.4, 0.5) is 0 Å². The molecule has 0 aliphatic rings. The predicted molar refractivity (Wildman–Crippen MR) is 76.1 cm³/mol. The second-order valence-electron chi connectivity index (χ2n) is 4.23. The van der Waals surface area contributed by atoms with Crippen molar-refractivity contribution in [1.29, 1.82) is 0 Å². The Kier molecular flexibility index (Phi) is 7.50. The maximum absolute atomic E-state index is 11.5. The lowest BCUT2D eigenvalue weighted by atomic mass is 10.2. The molecule has 0 unspecified atom stereocenters. The van der Waals surface area contributed by atoms with Gasteiger partial charge < -0.3 is 15.2 Å². The number of carbonyl (C=O) groups is 2. The summed E-state index contributed by atoms with van der Waals surface area (Å²) in [4.78, 5) is 21.8. The van der Waals surface area contributed by atoms with Gasteiger partial charge in [-0.2, -0.15) is 0 Å². The van der Waals surface area contributed by atoms with Crippen LogP contribution in [0.3, 0.4) is 0 Å². The molecule has 0 fully saturated rings. The summed E-state index contributed by atoms with van der Waals surface area (Å²) in [6, 6.07) is 7.08. The van der Waals surface area contributed by atoms with Crippen molar-refractivity contribution in [3.8, 4) is 5.75 Å². The minimum absolute atomic E-state index is 0.118. The van der Waals surface area contributed by atoms with E-state index in [1.807, 2.05) is 6.07 Å². The van der Waals surface area contributed by atoms with Crippen molar-refractivity contribution in [2.45, 2.75) is 25.7 Å². The third-order valence-corrected chi connectivity index (χ3v) is 2.88. The fourth-order valence-electron chi connectivity index (χ4n) is 1.53. The van der Waals surface area contributed by atoms with E-state index in [1.54, 1.807) is 18.2 Å². The second kappa shape index (κ2) is 9.20. The molecule has 0 aliphatic carbocycles. The molecule has 5 nitrogen and oxygen atoms in total. The molecule has 2 N–H and O–H groups in total. The minimum atomic E-state index is -0.815. The Bertz CT molecular complexity index is 451. The van der Waals surface area contributed by atoms with E-state index >= 15 is 0 Å². The molecule has 0 saturated heterocycles. The smallest absolute Gasteiger partial charge is 0.303 e. The number of ether oxygens (including phenoxy) is 1. The number of carboxylic acid groups (broad SMARTS) is 1. The van der Waals surface area contributed by atoms with Crippen LogP contribution in [0.15, 0.2) is 24.3 Å². The average molecular weight is 300 g/mol. The molecule has 0 spiro atoms. The van der Waals surface area contributed by atoms with Gasteiger partial charge in [-0.05, 0) is 25.0 Å². The third kappa shape index (κ3) is 6.99. The lowest BCUT2D eigenvalue weighted by Crippen LogP contribution is -2.26. The van der Waals surface area contributed by atoms with E-state index in [0.29, 0.717) is 30.2 Å². The van der Waals surface area contributed by atoms with Gasteiger partial charge in [0.2, 0.25) is 5.91 Å². The van der Waals surface area contributed by atoms with Crippen LogP contribution in [0.25, 0.3) is 0 Å². The van der Waals surface area contributed by atoms with E-state index in [9.17, 15) is 9.59 Å². The molecule has 0 aliphatic heterocycles. The minimum Gasteiger partial charge on any atom is -0.491 e. The molecular weight excluding hydrogens is 282 g/mol. The van der Waals surface area contributed by atoms with Gasteiger partial charge in [0.25, 0.3) is 0 Å². The zero-order chi connectivity index (χ0) is 14.8. The summed E-state index contributed by atoms with van der Waals surface area (Å²) < 4.78 is 5.40. The van der Waals surface area contributed by atoms with Crippen molar-refractivity contribution in [2.24, 2.45) is 0 Å². The fraction of sp³-hybridized carbons (Fsp3) is 0.429. The highest BCUT2D eigenvalue weighted by atomic mass is 35.5. The molecule has 6 heteroatoms. The standard InChI is InChI=1S/C14H18ClNO4/c15-11-5-1-2-6-12(11)20-10-8-13(17)16-9-4-3-7-14(18)19/h1-2,5-6H,3-4,7-10H2,(H,16,17)(H,18,19). The molecular formula is C14H18ClNO4. The molecule has 1 aromatic rings. The van der Waals surface area contributed by atoms with Gasteiger partial charge in [-0.25, -0.2) is 0 Å². The molecule has 0 aromatic heterocycles. The summed E-state index contributed by atoms with van der Waals surface area (Å²) in [5.41, 5.74) is 0. The summed E-state index contributed by atoms with van der Waals surface area (Å²) >= 11 is 5.91. The molecule has 20 heavy (non-hydrogen) atoms. The van der Waals surface area contributed by atoms with Crippen LogP contribution in [-0.2, 0) is 9.59 Å². The maximum atomic E-state index is 11.5. The summed E-state index contributed by atoms with van der Waals surface area (Å²) in [7, 11) is 0. The summed E-state index contributed by atoms with van der Waals surface area (Å²) in [6.07, 6.45) is 1.59. The maximum Gasteiger partial charge on any atom is 0.303 e. The quantitative estimate of drug-likeness (QED) is 0.687. The predicted octanol–water partition coefficient (Wildman–Crippen LogP) is 2.48. The molecule has 1 aromatic carbocycles. The van der Waals surface area contributed by atoms with Gasteiger partial charge in [-0.3, -0.25) is 9.59 Å². The number of para-hydroxylation sites is 1. The normalized spacial score (nSPS) is 10.1. The third-order valence-electron chi connectivity index (χ3n) is 2.56. The lowest BCUT2D eigenvalue weighted by Gasteiger charge is -2.08. The largest absolute Gasteiger partial charge is 0.491 e. The van der Waals surface area contributed by atoms with E-state index in [4.69, 9.17) is 21.4 Å². The highest BCUT2D eigenvalue weighted by molar-refractivity contribution is 6.32. The molecule has 0 radical (unpaired) electrons. The SMILES string of the molecule is O=C(O)CCCCNC(=O)CCOc1ccccc1Cl. The Balaban J connectivity index is 2.09. The van der Waals surface area contributed by atoms with Gasteiger partial charge in [-0.15, -0.1) is 0 Å². The number of unbranched alkanes of at least 4 members (excludes halogenated alkanes) is 1. The molecule has 0 saturated carbocycles. The number of aliphatic carboxylic acids is 1. The number of carbonyl (C=O) groups excluding carboxylic acids is 1. The molecule has 1 amide bonds. The van der Waals surface area contributed by atoms with Gasteiger partial charge >= 0.3 is 5.97 Å². The van der Waals surface area contributed by atoms with Crippen molar-refractivity contribution in [3.63, 3.8) is 0 Å². The van der Waals surface area contributed by atoms with Gasteiger partial charge in [0, 0.05) is 13.0 Å². The van der Waals surface area contributed by atoms with Crippen LogP contribution in [0.5, 0.6) is 5.75 Å². The zero-order valence-corrected chi connectivity index (χ0v) is 11.9. The molecule has 1 rings (SSSR count). The monoisotopic (exact) mass is 299 g/mol. The van der Waals surface area contributed by atoms with Gasteiger partial charge in [-0.1, -0.05) is 23.7 Å². The topological polar surface area (TPSA) is 75.6 Å². The van der Waals surface area contributed by atoms with Crippen molar-refractivity contribution in [3.05, 3.63) is 29.3 Å². The first kappa shape index (κ1) is 16.3. The van der Waals surface area contributed by atoms with Crippen molar-refractivity contribution < 1.29 is 19.4 Å². The van der Waals surface area contributed by atoms with Gasteiger partial charge in [0.05, 0.1) is 18.1 Å². The molecule has 110 valence electrons. The van der Waals surface area contributed by atoms with E-state index in [1.165, 1.54) is 0 Å². The first-order valence-electron chi connectivity index (χ1n) is 6.45. The number of rotatable bonds is 9. The first-order valence-corrected chi connectivity index (χ1v) is 6.83. The molecule has 0 bridgehead atoms. The summed E-state index contributed by atoms with van der Waals surface area (Å²) in [6.45, 7) is 0.739. The Morgan fingerprint density at radius 1 is 1.20 bits per heavy atom. The Morgan fingerprint density at radius 3 is 2.65 bits per heavy atom. The number of benzene rings is 1. The van der Waals surface area contributed by atoms with E-state index in [2.05, 4.69) is 5.32 Å². The van der Waals surface area contributed by atoms with E-state index in [-0.39, 0.29) is 25.4 Å². The number of amides is 1. The number of hydrogen-bond acceptors (Lipinski definition) is 3. The van der Waals surface area contributed by atoms with Gasteiger partial charge in [0.15, 0.2) is 0 Å². The van der Waals surface area contributed by atoms with Crippen molar-refractivity contribution in [1.82, 2.24) is 5.32 Å². The van der Waals surface area contributed by atoms with Crippen LogP contribution >= 0.6 is 11.6 Å². The zero-order valence-electron chi connectivity index (χ0n) is 11.1. The highest BCUT2D eigenvalue weighted by Crippen LogP contribution is 2.22. The number of nitrogens with one attached hydrogen (secondary N) is 1. The average Bonchev–Trinajstić information content (AvgIpc) is 2.40. The number of halogens is 1. The van der Waals surface area contributed by atoms with Crippen LogP contribution in [0.1, 0.15) is 25.7 Å². The van der Waals surface area contributed by atoms with E-state index in [0.717, 1.165) is 0 Å².